The minimum absolute atomic E-state index is 0.268. The predicted molar refractivity (Wildman–Crippen MR) is 91.2 cm³/mol. The van der Waals surface area contributed by atoms with E-state index in [0.29, 0.717) is 22.6 Å². The molecule has 1 amide bonds. The summed E-state index contributed by atoms with van der Waals surface area (Å²) in [5, 5.41) is 13.9. The van der Waals surface area contributed by atoms with Gasteiger partial charge in [0, 0.05) is 15.7 Å². The van der Waals surface area contributed by atoms with Gasteiger partial charge in [-0.3, -0.25) is 9.59 Å². The quantitative estimate of drug-likeness (QED) is 0.830. The van der Waals surface area contributed by atoms with Crippen LogP contribution < -0.4 is 10.1 Å². The molecule has 122 valence electrons. The van der Waals surface area contributed by atoms with Crippen LogP contribution in [-0.2, 0) is 16.8 Å². The summed E-state index contributed by atoms with van der Waals surface area (Å²) in [7, 11) is 1.50. The van der Waals surface area contributed by atoms with Gasteiger partial charge in [-0.25, -0.2) is 0 Å². The lowest BCUT2D eigenvalue weighted by Crippen LogP contribution is -2.44. The van der Waals surface area contributed by atoms with E-state index < -0.39 is 17.4 Å². The van der Waals surface area contributed by atoms with E-state index >= 15 is 0 Å². The predicted octanol–water partition coefficient (Wildman–Crippen LogP) is 2.65. The summed E-state index contributed by atoms with van der Waals surface area (Å²) in [5.41, 5.74) is 0.297. The Morgan fingerprint density at radius 2 is 2.00 bits per heavy atom. The lowest BCUT2D eigenvalue weighted by Gasteiger charge is -2.26. The standard InChI is InChI=1S/C18H14BrNO4/c1-24-14-7-6-12(19)9-8-11(16(21)15(9)14)18(23)10-4-2-3-5-13(10)20-17(18)22/h2-7,11,23H,8H2,1H3,(H,20,22)/t11-,18-/m1/s1. The van der Waals surface area contributed by atoms with Gasteiger partial charge in [-0.15, -0.1) is 0 Å². The number of hydrogen-bond acceptors (Lipinski definition) is 4. The van der Waals surface area contributed by atoms with Crippen molar-refractivity contribution >= 4 is 33.3 Å². The number of carbonyl (C=O) groups excluding carboxylic acids is 2. The van der Waals surface area contributed by atoms with Crippen molar-refractivity contribution in [2.75, 3.05) is 12.4 Å². The number of carbonyl (C=O) groups is 2. The summed E-state index contributed by atoms with van der Waals surface area (Å²) in [6, 6.07) is 10.4. The van der Waals surface area contributed by atoms with Crippen molar-refractivity contribution in [2.24, 2.45) is 5.92 Å². The number of rotatable bonds is 2. The Morgan fingerprint density at radius 3 is 2.75 bits per heavy atom. The molecule has 2 atom stereocenters. The first-order valence-corrected chi connectivity index (χ1v) is 8.30. The smallest absolute Gasteiger partial charge is 0.261 e. The second kappa shape index (κ2) is 5.16. The van der Waals surface area contributed by atoms with Gasteiger partial charge in [-0.2, -0.15) is 0 Å². The maximum atomic E-state index is 13.0. The summed E-state index contributed by atoms with van der Waals surface area (Å²) in [6.45, 7) is 0. The van der Waals surface area contributed by atoms with Gasteiger partial charge in [0.15, 0.2) is 11.4 Å². The number of Topliss-reactive ketones (excluding diaryl/α,β-unsaturated/α-hetero) is 1. The van der Waals surface area contributed by atoms with Crippen LogP contribution in [0.5, 0.6) is 5.75 Å². The van der Waals surface area contributed by atoms with E-state index in [1.54, 1.807) is 36.4 Å². The summed E-state index contributed by atoms with van der Waals surface area (Å²) >= 11 is 3.45. The van der Waals surface area contributed by atoms with Crippen LogP contribution in [0.3, 0.4) is 0 Å². The fourth-order valence-corrected chi connectivity index (χ4v) is 4.15. The summed E-state index contributed by atoms with van der Waals surface area (Å²) in [6.07, 6.45) is 0.268. The number of para-hydroxylation sites is 1. The van der Waals surface area contributed by atoms with Crippen LogP contribution in [0.25, 0.3) is 0 Å². The minimum Gasteiger partial charge on any atom is -0.496 e. The highest BCUT2D eigenvalue weighted by Gasteiger charge is 2.56. The third-order valence-electron chi connectivity index (χ3n) is 4.84. The van der Waals surface area contributed by atoms with Crippen LogP contribution in [0, 0.1) is 5.92 Å². The molecule has 2 aromatic carbocycles. The molecule has 2 aromatic rings. The van der Waals surface area contributed by atoms with Crippen molar-refractivity contribution in [1.82, 2.24) is 0 Å². The van der Waals surface area contributed by atoms with Gasteiger partial charge in [0.2, 0.25) is 0 Å². The summed E-state index contributed by atoms with van der Waals surface area (Å²) < 4.78 is 6.07. The van der Waals surface area contributed by atoms with E-state index in [9.17, 15) is 14.7 Å². The van der Waals surface area contributed by atoms with Crippen molar-refractivity contribution in [3.05, 3.63) is 57.6 Å². The zero-order valence-corrected chi connectivity index (χ0v) is 14.4. The first-order chi connectivity index (χ1) is 11.5. The molecule has 1 aliphatic heterocycles. The van der Waals surface area contributed by atoms with E-state index in [4.69, 9.17) is 4.74 Å². The molecule has 0 bridgehead atoms. The zero-order chi connectivity index (χ0) is 17.1. The van der Waals surface area contributed by atoms with Gasteiger partial charge in [0.05, 0.1) is 18.6 Å². The van der Waals surface area contributed by atoms with Gasteiger partial charge in [0.1, 0.15) is 5.75 Å². The average molecular weight is 388 g/mol. The van der Waals surface area contributed by atoms with E-state index in [0.717, 1.165) is 10.0 Å². The molecule has 2 aliphatic rings. The number of nitrogens with one attached hydrogen (secondary N) is 1. The highest BCUT2D eigenvalue weighted by molar-refractivity contribution is 9.10. The van der Waals surface area contributed by atoms with Crippen LogP contribution in [0.2, 0.25) is 0 Å². The highest BCUT2D eigenvalue weighted by atomic mass is 79.9. The van der Waals surface area contributed by atoms with Gasteiger partial charge in [-0.1, -0.05) is 34.1 Å². The number of hydrogen-bond donors (Lipinski definition) is 2. The van der Waals surface area contributed by atoms with Gasteiger partial charge >= 0.3 is 0 Å². The summed E-state index contributed by atoms with van der Waals surface area (Å²) in [4.78, 5) is 25.6. The molecule has 0 fully saturated rings. The maximum absolute atomic E-state index is 13.0. The van der Waals surface area contributed by atoms with Crippen LogP contribution in [0.15, 0.2) is 40.9 Å². The molecule has 24 heavy (non-hydrogen) atoms. The second-order valence-electron chi connectivity index (χ2n) is 5.99. The van der Waals surface area contributed by atoms with Crippen LogP contribution >= 0.6 is 15.9 Å². The third-order valence-corrected chi connectivity index (χ3v) is 5.59. The number of ketones is 1. The Kier molecular flexibility index (Phi) is 3.30. The minimum atomic E-state index is -1.88. The molecule has 0 radical (unpaired) electrons. The number of methoxy groups -OCH3 is 1. The Hall–Kier alpha value is -2.18. The van der Waals surface area contributed by atoms with Crippen molar-refractivity contribution in [3.63, 3.8) is 0 Å². The molecule has 0 unspecified atom stereocenters. The Bertz CT molecular complexity index is 895. The Labute approximate surface area is 146 Å². The Balaban J connectivity index is 1.87. The van der Waals surface area contributed by atoms with E-state index in [2.05, 4.69) is 21.2 Å². The third kappa shape index (κ3) is 1.84. The first kappa shape index (κ1) is 15.4. The molecule has 0 spiro atoms. The SMILES string of the molecule is COc1ccc(Br)c2c1C(=O)[C@H]([C@@]1(O)C(=O)Nc3ccccc31)C2. The fourth-order valence-electron chi connectivity index (χ4n) is 3.66. The number of halogens is 1. The molecule has 0 aromatic heterocycles. The van der Waals surface area contributed by atoms with E-state index in [1.165, 1.54) is 7.11 Å². The molecule has 6 heteroatoms. The molecule has 1 heterocycles. The largest absolute Gasteiger partial charge is 0.496 e. The molecular weight excluding hydrogens is 374 g/mol. The zero-order valence-electron chi connectivity index (χ0n) is 12.8. The highest BCUT2D eigenvalue weighted by Crippen LogP contribution is 2.49. The normalized spacial score (nSPS) is 24.5. The lowest BCUT2D eigenvalue weighted by atomic mass is 9.80. The number of benzene rings is 2. The van der Waals surface area contributed by atoms with Crippen LogP contribution in [0.1, 0.15) is 21.5 Å². The molecule has 0 saturated heterocycles. The second-order valence-corrected chi connectivity index (χ2v) is 6.84. The molecule has 1 aliphatic carbocycles. The van der Waals surface area contributed by atoms with Gasteiger partial charge in [0.25, 0.3) is 5.91 Å². The molecule has 4 rings (SSSR count). The number of anilines is 1. The molecule has 0 saturated carbocycles. The molecule has 5 nitrogen and oxygen atoms in total. The van der Waals surface area contributed by atoms with Crippen molar-refractivity contribution in [2.45, 2.75) is 12.0 Å². The first-order valence-electron chi connectivity index (χ1n) is 7.51. The monoisotopic (exact) mass is 387 g/mol. The number of ether oxygens (including phenoxy) is 1. The van der Waals surface area contributed by atoms with E-state index in [-0.39, 0.29) is 12.2 Å². The maximum Gasteiger partial charge on any atom is 0.261 e. The van der Waals surface area contributed by atoms with Crippen molar-refractivity contribution < 1.29 is 19.4 Å². The average Bonchev–Trinajstić information content (AvgIpc) is 3.06. The number of aliphatic hydroxyl groups is 1. The van der Waals surface area contributed by atoms with Crippen molar-refractivity contribution in [1.29, 1.82) is 0 Å². The Morgan fingerprint density at radius 1 is 1.25 bits per heavy atom. The molecular formula is C18H14BrNO4. The fraction of sp³-hybridized carbons (Fsp3) is 0.222. The topological polar surface area (TPSA) is 75.6 Å². The van der Waals surface area contributed by atoms with E-state index in [1.807, 2.05) is 0 Å². The number of amides is 1. The van der Waals surface area contributed by atoms with Crippen LogP contribution in [0.4, 0.5) is 5.69 Å². The van der Waals surface area contributed by atoms with Crippen molar-refractivity contribution in [3.8, 4) is 5.75 Å². The summed E-state index contributed by atoms with van der Waals surface area (Å²) in [5.74, 6) is -1.28. The number of fused-ring (bicyclic) bond motifs is 2. The van der Waals surface area contributed by atoms with Gasteiger partial charge in [-0.05, 0) is 30.2 Å². The lowest BCUT2D eigenvalue weighted by molar-refractivity contribution is -0.137. The van der Waals surface area contributed by atoms with Crippen LogP contribution in [-0.4, -0.2) is 23.9 Å². The molecule has 2 N–H and O–H groups in total. The van der Waals surface area contributed by atoms with Gasteiger partial charge < -0.3 is 15.2 Å².